The molecule has 2 fully saturated rings. The van der Waals surface area contributed by atoms with Crippen LogP contribution in [0.3, 0.4) is 0 Å². The lowest BCUT2D eigenvalue weighted by Crippen LogP contribution is -2.44. The number of hydrogen-bond donors (Lipinski definition) is 2. The molecule has 2 saturated heterocycles. The van der Waals surface area contributed by atoms with Gasteiger partial charge in [0.25, 0.3) is 0 Å². The minimum Gasteiger partial charge on any atom is -0.494 e. The molecular formula is C32H34FN7O4. The van der Waals surface area contributed by atoms with Gasteiger partial charge in [0, 0.05) is 50.3 Å². The summed E-state index contributed by atoms with van der Waals surface area (Å²) < 4.78 is 25.9. The monoisotopic (exact) mass is 599 g/mol. The Morgan fingerprint density at radius 2 is 1.95 bits per heavy atom. The standard InChI is InChI=1S/C32H34FN7O4/c1-4-32(41)37-24-17-25(29(42-3)18-27(24)39-10-8-38(2)9-11-39)36-30-19-31(35-20-34-30)40-26(7-13-44-40)21-14-22(16-23(33)15-21)28-6-5-12-43-28/h4-6,12,14-20,26H,1,7-11,13H2,2-3H3,(H,37,41)(H,34,35,36). The third kappa shape index (κ3) is 6.21. The molecule has 0 spiro atoms. The van der Waals surface area contributed by atoms with Crippen molar-refractivity contribution in [2.24, 2.45) is 0 Å². The average molecular weight is 600 g/mol. The predicted octanol–water partition coefficient (Wildman–Crippen LogP) is 5.39. The SMILES string of the molecule is C=CC(=O)Nc1cc(Nc2cc(N3OCCC3c3cc(F)cc(-c4ccco4)c3)ncn2)c(OC)cc1N1CCN(C)CC1. The number of halogens is 1. The third-order valence-electron chi connectivity index (χ3n) is 7.76. The Labute approximate surface area is 254 Å². The first-order valence-electron chi connectivity index (χ1n) is 14.4. The molecule has 2 N–H and O–H groups in total. The van der Waals surface area contributed by atoms with Crippen molar-refractivity contribution >= 4 is 34.6 Å². The zero-order valence-corrected chi connectivity index (χ0v) is 24.6. The number of nitrogens with one attached hydrogen (secondary N) is 2. The van der Waals surface area contributed by atoms with Crippen molar-refractivity contribution in [1.82, 2.24) is 14.9 Å². The van der Waals surface area contributed by atoms with Gasteiger partial charge in [0.05, 0.1) is 43.1 Å². The third-order valence-corrected chi connectivity index (χ3v) is 7.76. The van der Waals surface area contributed by atoms with Crippen molar-refractivity contribution < 1.29 is 23.2 Å². The van der Waals surface area contributed by atoms with Crippen molar-refractivity contribution in [3.63, 3.8) is 0 Å². The Balaban J connectivity index is 1.29. The van der Waals surface area contributed by atoms with Crippen LogP contribution in [0.15, 0.2) is 78.2 Å². The van der Waals surface area contributed by atoms with Crippen LogP contribution in [0.25, 0.3) is 11.3 Å². The Morgan fingerprint density at radius 3 is 2.70 bits per heavy atom. The highest BCUT2D eigenvalue weighted by Gasteiger charge is 2.30. The summed E-state index contributed by atoms with van der Waals surface area (Å²) in [6, 6.07) is 13.6. The topological polar surface area (TPSA) is 108 Å². The number of carbonyl (C=O) groups is 1. The number of likely N-dealkylation sites (N-methyl/N-ethyl adjacent to an activating group) is 1. The Morgan fingerprint density at radius 1 is 1.11 bits per heavy atom. The van der Waals surface area contributed by atoms with Crippen LogP contribution in [0.5, 0.6) is 5.75 Å². The number of benzene rings is 2. The fourth-order valence-corrected chi connectivity index (χ4v) is 5.49. The number of rotatable bonds is 9. The molecule has 1 unspecified atom stereocenters. The summed E-state index contributed by atoms with van der Waals surface area (Å²) in [4.78, 5) is 31.7. The predicted molar refractivity (Wildman–Crippen MR) is 167 cm³/mol. The van der Waals surface area contributed by atoms with Gasteiger partial charge in [-0.2, -0.15) is 0 Å². The van der Waals surface area contributed by atoms with E-state index in [4.69, 9.17) is 14.0 Å². The lowest BCUT2D eigenvalue weighted by Gasteiger charge is -2.35. The van der Waals surface area contributed by atoms with E-state index < -0.39 is 0 Å². The number of methoxy groups -OCH3 is 1. The Kier molecular flexibility index (Phi) is 8.44. The first-order valence-corrected chi connectivity index (χ1v) is 14.4. The van der Waals surface area contributed by atoms with E-state index in [9.17, 15) is 9.18 Å². The van der Waals surface area contributed by atoms with Gasteiger partial charge in [0.1, 0.15) is 29.5 Å². The largest absolute Gasteiger partial charge is 0.494 e. The number of hydroxylamine groups is 1. The molecule has 6 rings (SSSR count). The Bertz CT molecular complexity index is 1640. The molecular weight excluding hydrogens is 565 g/mol. The van der Waals surface area contributed by atoms with Crippen LogP contribution < -0.4 is 25.3 Å². The van der Waals surface area contributed by atoms with Crippen LogP contribution in [-0.2, 0) is 9.63 Å². The molecule has 228 valence electrons. The van der Waals surface area contributed by atoms with E-state index in [1.807, 2.05) is 18.2 Å². The maximum atomic E-state index is 14.7. The van der Waals surface area contributed by atoms with Crippen LogP contribution >= 0.6 is 0 Å². The summed E-state index contributed by atoms with van der Waals surface area (Å²) in [5, 5.41) is 7.93. The quantitative estimate of drug-likeness (QED) is 0.243. The van der Waals surface area contributed by atoms with E-state index in [-0.39, 0.29) is 17.8 Å². The molecule has 44 heavy (non-hydrogen) atoms. The second kappa shape index (κ2) is 12.7. The van der Waals surface area contributed by atoms with Gasteiger partial charge >= 0.3 is 0 Å². The van der Waals surface area contributed by atoms with Gasteiger partial charge < -0.3 is 29.6 Å². The maximum Gasteiger partial charge on any atom is 0.247 e. The first kappa shape index (κ1) is 29.1. The number of amides is 1. The van der Waals surface area contributed by atoms with Crippen molar-refractivity contribution in [2.45, 2.75) is 12.5 Å². The highest BCUT2D eigenvalue weighted by atomic mass is 19.1. The van der Waals surface area contributed by atoms with Gasteiger partial charge in [0.15, 0.2) is 5.82 Å². The summed E-state index contributed by atoms with van der Waals surface area (Å²) in [6.07, 6.45) is 4.87. The van der Waals surface area contributed by atoms with Crippen LogP contribution in [-0.4, -0.2) is 67.7 Å². The molecule has 2 aromatic heterocycles. The Hall–Kier alpha value is -4.94. The number of aromatic nitrogens is 2. The lowest BCUT2D eigenvalue weighted by molar-refractivity contribution is -0.111. The molecule has 2 aromatic carbocycles. The smallest absolute Gasteiger partial charge is 0.247 e. The summed E-state index contributed by atoms with van der Waals surface area (Å²) >= 11 is 0. The van der Waals surface area contributed by atoms with Gasteiger partial charge in [-0.15, -0.1) is 0 Å². The van der Waals surface area contributed by atoms with Crippen molar-refractivity contribution in [3.05, 3.63) is 85.2 Å². The second-order valence-electron chi connectivity index (χ2n) is 10.7. The van der Waals surface area contributed by atoms with Gasteiger partial charge in [-0.05, 0) is 55.1 Å². The molecule has 1 atom stereocenters. The van der Waals surface area contributed by atoms with Gasteiger partial charge in [-0.1, -0.05) is 6.58 Å². The minimum absolute atomic E-state index is 0.278. The zero-order valence-electron chi connectivity index (χ0n) is 24.6. The van der Waals surface area contributed by atoms with Crippen molar-refractivity contribution in [2.75, 3.05) is 67.5 Å². The number of carbonyl (C=O) groups excluding carboxylic acids is 1. The number of hydrogen-bond acceptors (Lipinski definition) is 10. The van der Waals surface area contributed by atoms with E-state index in [2.05, 4.69) is 44.0 Å². The van der Waals surface area contributed by atoms with Crippen LogP contribution in [0.1, 0.15) is 18.0 Å². The number of furan rings is 1. The van der Waals surface area contributed by atoms with Gasteiger partial charge in [-0.25, -0.2) is 19.4 Å². The minimum atomic E-state index is -0.364. The lowest BCUT2D eigenvalue weighted by atomic mass is 10.0. The number of ether oxygens (including phenoxy) is 1. The molecule has 0 saturated carbocycles. The van der Waals surface area contributed by atoms with E-state index in [1.165, 1.54) is 24.5 Å². The molecule has 4 aromatic rings. The second-order valence-corrected chi connectivity index (χ2v) is 10.7. The summed E-state index contributed by atoms with van der Waals surface area (Å²) in [6.45, 7) is 7.47. The molecule has 0 bridgehead atoms. The van der Waals surface area contributed by atoms with Crippen molar-refractivity contribution in [1.29, 1.82) is 0 Å². The molecule has 11 nitrogen and oxygen atoms in total. The fourth-order valence-electron chi connectivity index (χ4n) is 5.49. The molecule has 1 amide bonds. The fraction of sp³-hybridized carbons (Fsp3) is 0.281. The van der Waals surface area contributed by atoms with E-state index >= 15 is 0 Å². The number of nitrogens with zero attached hydrogens (tertiary/aromatic N) is 5. The highest BCUT2D eigenvalue weighted by molar-refractivity contribution is 6.02. The summed E-state index contributed by atoms with van der Waals surface area (Å²) in [7, 11) is 3.69. The van der Waals surface area contributed by atoms with Gasteiger partial charge in [0.2, 0.25) is 5.91 Å². The van der Waals surface area contributed by atoms with Crippen LogP contribution in [0.4, 0.5) is 33.1 Å². The number of piperazine rings is 1. The highest BCUT2D eigenvalue weighted by Crippen LogP contribution is 2.40. The molecule has 2 aliphatic heterocycles. The van der Waals surface area contributed by atoms with Crippen LogP contribution in [0, 0.1) is 5.82 Å². The molecule has 0 radical (unpaired) electrons. The zero-order chi connectivity index (χ0) is 30.6. The average Bonchev–Trinajstić information content (AvgIpc) is 3.75. The summed E-state index contributed by atoms with van der Waals surface area (Å²) in [5.74, 6) is 1.47. The van der Waals surface area contributed by atoms with E-state index in [1.54, 1.807) is 36.6 Å². The van der Waals surface area contributed by atoms with E-state index in [0.29, 0.717) is 53.1 Å². The summed E-state index contributed by atoms with van der Waals surface area (Å²) in [5.41, 5.74) is 3.47. The molecule has 4 heterocycles. The van der Waals surface area contributed by atoms with E-state index in [0.717, 1.165) is 37.4 Å². The number of anilines is 5. The van der Waals surface area contributed by atoms with Gasteiger partial charge in [-0.3, -0.25) is 9.63 Å². The van der Waals surface area contributed by atoms with Crippen molar-refractivity contribution in [3.8, 4) is 17.1 Å². The molecule has 12 heteroatoms. The normalized spacial score (nSPS) is 17.0. The molecule has 0 aliphatic carbocycles. The maximum absolute atomic E-state index is 14.7. The first-order chi connectivity index (χ1) is 21.4. The van der Waals surface area contributed by atoms with Crippen LogP contribution in [0.2, 0.25) is 0 Å². The molecule has 2 aliphatic rings.